The van der Waals surface area contributed by atoms with Crippen molar-refractivity contribution < 1.29 is 17.9 Å². The number of sulfonamides is 1. The van der Waals surface area contributed by atoms with Gasteiger partial charge in [-0.05, 0) is 48.4 Å². The maximum Gasteiger partial charge on any atom is 0.264 e. The fraction of sp³-hybridized carbons (Fsp3) is 0.174. The predicted molar refractivity (Wildman–Crippen MR) is 115 cm³/mol. The van der Waals surface area contributed by atoms with Gasteiger partial charge < -0.3 is 10.1 Å². The van der Waals surface area contributed by atoms with E-state index in [1.54, 1.807) is 12.1 Å². The number of nitrogens with zero attached hydrogens (tertiary/aromatic N) is 1. The molecule has 1 N–H and O–H groups in total. The number of benzene rings is 3. The number of ether oxygens (including phenoxy) is 1. The summed E-state index contributed by atoms with van der Waals surface area (Å²) in [6.45, 7) is 1.03. The van der Waals surface area contributed by atoms with Gasteiger partial charge in [-0.3, -0.25) is 9.10 Å². The summed E-state index contributed by atoms with van der Waals surface area (Å²) >= 11 is 0. The molecule has 7 heteroatoms. The van der Waals surface area contributed by atoms with Crippen molar-refractivity contribution in [1.29, 1.82) is 0 Å². The Kier molecular flexibility index (Phi) is 5.72. The minimum atomic E-state index is -3.74. The number of carbonyl (C=O) groups excluding carboxylic acids is 1. The normalized spacial score (nSPS) is 13.0. The highest BCUT2D eigenvalue weighted by molar-refractivity contribution is 7.92. The lowest BCUT2D eigenvalue weighted by Crippen LogP contribution is -2.30. The molecule has 0 radical (unpaired) electrons. The molecule has 1 aliphatic heterocycles. The van der Waals surface area contributed by atoms with E-state index in [-0.39, 0.29) is 10.8 Å². The van der Waals surface area contributed by atoms with Gasteiger partial charge in [-0.1, -0.05) is 42.5 Å². The lowest BCUT2D eigenvalue weighted by molar-refractivity contribution is 0.0947. The van der Waals surface area contributed by atoms with E-state index in [1.165, 1.54) is 16.4 Å². The summed E-state index contributed by atoms with van der Waals surface area (Å²) in [6, 6.07) is 22.9. The molecule has 1 heterocycles. The van der Waals surface area contributed by atoms with Crippen LogP contribution >= 0.6 is 0 Å². The Labute approximate surface area is 176 Å². The summed E-state index contributed by atoms with van der Waals surface area (Å²) in [5, 5.41) is 2.76. The predicted octanol–water partition coefficient (Wildman–Crippen LogP) is 3.25. The summed E-state index contributed by atoms with van der Waals surface area (Å²) in [5.41, 5.74) is 2.00. The molecule has 0 aliphatic carbocycles. The van der Waals surface area contributed by atoms with Crippen LogP contribution in [0.3, 0.4) is 0 Å². The summed E-state index contributed by atoms with van der Waals surface area (Å²) in [6.07, 6.45) is 0.678. The number of hydrogen-bond acceptors (Lipinski definition) is 4. The van der Waals surface area contributed by atoms with Gasteiger partial charge in [0.25, 0.3) is 15.9 Å². The van der Waals surface area contributed by atoms with E-state index in [4.69, 9.17) is 4.74 Å². The van der Waals surface area contributed by atoms with E-state index < -0.39 is 10.0 Å². The van der Waals surface area contributed by atoms with Crippen molar-refractivity contribution in [2.24, 2.45) is 0 Å². The van der Waals surface area contributed by atoms with Gasteiger partial charge in [0.2, 0.25) is 0 Å². The van der Waals surface area contributed by atoms with Crippen LogP contribution in [0.15, 0.2) is 83.8 Å². The molecule has 0 atom stereocenters. The van der Waals surface area contributed by atoms with Crippen molar-refractivity contribution in [1.82, 2.24) is 5.32 Å². The molecule has 6 nitrogen and oxygen atoms in total. The van der Waals surface area contributed by atoms with E-state index in [9.17, 15) is 13.2 Å². The SMILES string of the molecule is O=C(NCCOc1ccccc1)c1cccc(S(=O)(=O)N2CCc3ccccc32)c1. The second-order valence-corrected chi connectivity index (χ2v) is 8.76. The van der Waals surface area contributed by atoms with Crippen LogP contribution in [0.1, 0.15) is 15.9 Å². The lowest BCUT2D eigenvalue weighted by atomic mass is 10.2. The fourth-order valence-electron chi connectivity index (χ4n) is 3.43. The summed E-state index contributed by atoms with van der Waals surface area (Å²) < 4.78 is 33.3. The van der Waals surface area contributed by atoms with E-state index in [1.807, 2.05) is 54.6 Å². The Hall–Kier alpha value is -3.32. The molecule has 0 bridgehead atoms. The number of hydrogen-bond donors (Lipinski definition) is 1. The molecule has 0 unspecified atom stereocenters. The van der Waals surface area contributed by atoms with Crippen LogP contribution in [-0.4, -0.2) is 34.0 Å². The minimum absolute atomic E-state index is 0.104. The summed E-state index contributed by atoms with van der Waals surface area (Å²) in [5.74, 6) is 0.385. The van der Waals surface area contributed by atoms with Crippen LogP contribution in [-0.2, 0) is 16.4 Å². The standard InChI is InChI=1S/C23H22N2O4S/c26-23(24-14-16-29-20-9-2-1-3-10-20)19-8-6-11-21(17-19)30(27,28)25-15-13-18-7-4-5-12-22(18)25/h1-12,17H,13-16H2,(H,24,26). The van der Waals surface area contributed by atoms with Crippen LogP contribution in [0.25, 0.3) is 0 Å². The van der Waals surface area contributed by atoms with Gasteiger partial charge in [0.05, 0.1) is 17.1 Å². The molecule has 30 heavy (non-hydrogen) atoms. The van der Waals surface area contributed by atoms with E-state index in [0.29, 0.717) is 37.4 Å². The fourth-order valence-corrected chi connectivity index (χ4v) is 4.98. The molecule has 0 fully saturated rings. The maximum absolute atomic E-state index is 13.2. The van der Waals surface area contributed by atoms with Crippen molar-refractivity contribution in [3.8, 4) is 5.75 Å². The molecular formula is C23H22N2O4S. The lowest BCUT2D eigenvalue weighted by Gasteiger charge is -2.20. The molecular weight excluding hydrogens is 400 g/mol. The molecule has 0 saturated carbocycles. The zero-order valence-corrected chi connectivity index (χ0v) is 17.1. The number of nitrogens with one attached hydrogen (secondary N) is 1. The zero-order valence-electron chi connectivity index (χ0n) is 16.3. The number of fused-ring (bicyclic) bond motifs is 1. The summed E-state index contributed by atoms with van der Waals surface area (Å²) in [7, 11) is -3.74. The Bertz CT molecular complexity index is 1150. The second-order valence-electron chi connectivity index (χ2n) is 6.90. The highest BCUT2D eigenvalue weighted by Crippen LogP contribution is 2.32. The van der Waals surface area contributed by atoms with Gasteiger partial charge in [0, 0.05) is 12.1 Å². The smallest absolute Gasteiger partial charge is 0.264 e. The van der Waals surface area contributed by atoms with Crippen LogP contribution in [0.4, 0.5) is 5.69 Å². The van der Waals surface area contributed by atoms with Gasteiger partial charge in [0.15, 0.2) is 0 Å². The number of para-hydroxylation sites is 2. The third-order valence-electron chi connectivity index (χ3n) is 4.93. The van der Waals surface area contributed by atoms with E-state index >= 15 is 0 Å². The van der Waals surface area contributed by atoms with Gasteiger partial charge in [0.1, 0.15) is 12.4 Å². The second kappa shape index (κ2) is 8.59. The Morgan fingerprint density at radius 3 is 2.57 bits per heavy atom. The molecule has 1 amide bonds. The van der Waals surface area contributed by atoms with Crippen molar-refractivity contribution in [2.45, 2.75) is 11.3 Å². The van der Waals surface area contributed by atoms with Gasteiger partial charge in [-0.25, -0.2) is 8.42 Å². The molecule has 154 valence electrons. The first-order valence-corrected chi connectivity index (χ1v) is 11.2. The quantitative estimate of drug-likeness (QED) is 0.593. The molecule has 3 aromatic rings. The average molecular weight is 423 g/mol. The van der Waals surface area contributed by atoms with Crippen molar-refractivity contribution in [2.75, 3.05) is 24.0 Å². The summed E-state index contributed by atoms with van der Waals surface area (Å²) in [4.78, 5) is 12.6. The van der Waals surface area contributed by atoms with Crippen LogP contribution in [0.2, 0.25) is 0 Å². The zero-order chi connectivity index (χ0) is 21.0. The first kappa shape index (κ1) is 20.0. The minimum Gasteiger partial charge on any atom is -0.492 e. The number of anilines is 1. The topological polar surface area (TPSA) is 75.7 Å². The molecule has 1 aliphatic rings. The van der Waals surface area contributed by atoms with E-state index in [0.717, 1.165) is 11.3 Å². The highest BCUT2D eigenvalue weighted by Gasteiger charge is 2.30. The third-order valence-corrected chi connectivity index (χ3v) is 6.74. The Morgan fingerprint density at radius 2 is 1.73 bits per heavy atom. The molecule has 4 rings (SSSR count). The van der Waals surface area contributed by atoms with Gasteiger partial charge in [-0.15, -0.1) is 0 Å². The molecule has 0 saturated heterocycles. The highest BCUT2D eigenvalue weighted by atomic mass is 32.2. The number of amides is 1. The molecule has 0 aromatic heterocycles. The van der Waals surface area contributed by atoms with E-state index in [2.05, 4.69) is 5.32 Å². The third kappa shape index (κ3) is 4.16. The van der Waals surface area contributed by atoms with Crippen molar-refractivity contribution >= 4 is 21.6 Å². The average Bonchev–Trinajstić information content (AvgIpc) is 3.22. The molecule has 0 spiro atoms. The Balaban J connectivity index is 1.43. The number of carbonyl (C=O) groups is 1. The van der Waals surface area contributed by atoms with Gasteiger partial charge in [-0.2, -0.15) is 0 Å². The number of rotatable bonds is 7. The largest absolute Gasteiger partial charge is 0.492 e. The first-order valence-electron chi connectivity index (χ1n) is 9.72. The monoisotopic (exact) mass is 422 g/mol. The van der Waals surface area contributed by atoms with Gasteiger partial charge >= 0.3 is 0 Å². The first-order chi connectivity index (χ1) is 14.6. The maximum atomic E-state index is 13.2. The van der Waals surface area contributed by atoms with Crippen molar-refractivity contribution in [3.63, 3.8) is 0 Å². The van der Waals surface area contributed by atoms with Crippen LogP contribution < -0.4 is 14.4 Å². The van der Waals surface area contributed by atoms with Crippen LogP contribution in [0, 0.1) is 0 Å². The Morgan fingerprint density at radius 1 is 0.967 bits per heavy atom. The molecule has 3 aromatic carbocycles. The van der Waals surface area contributed by atoms with Crippen LogP contribution in [0.5, 0.6) is 5.75 Å². The van der Waals surface area contributed by atoms with Crippen molar-refractivity contribution in [3.05, 3.63) is 90.0 Å².